The van der Waals surface area contributed by atoms with E-state index in [1.165, 1.54) is 12.2 Å². The van der Waals surface area contributed by atoms with Crippen molar-refractivity contribution >= 4 is 11.7 Å². The highest BCUT2D eigenvalue weighted by atomic mass is 16.5. The summed E-state index contributed by atoms with van der Waals surface area (Å²) in [5.41, 5.74) is 0.566. The summed E-state index contributed by atoms with van der Waals surface area (Å²) in [4.78, 5) is 22.4. The first kappa shape index (κ1) is 12.1. The molecular weight excluding hydrogens is 206 g/mol. The van der Waals surface area contributed by atoms with Gasteiger partial charge in [0.05, 0.1) is 6.61 Å². The lowest BCUT2D eigenvalue weighted by molar-refractivity contribution is -0.451. The second-order valence-electron chi connectivity index (χ2n) is 3.05. The summed E-state index contributed by atoms with van der Waals surface area (Å²) in [6.45, 7) is 2.20. The highest BCUT2D eigenvalue weighted by Crippen LogP contribution is 2.08. The van der Waals surface area contributed by atoms with Crippen LogP contribution in [0.3, 0.4) is 0 Å². The Bertz CT molecular complexity index is 385. The van der Waals surface area contributed by atoms with Crippen molar-refractivity contribution in [2.24, 2.45) is 0 Å². The number of hydrogen-bond acceptors (Lipinski definition) is 3. The third-order valence-electron chi connectivity index (χ3n) is 1.86. The Morgan fingerprint density at radius 1 is 1.38 bits per heavy atom. The molecule has 1 aromatic rings. The second-order valence-corrected chi connectivity index (χ2v) is 3.05. The summed E-state index contributed by atoms with van der Waals surface area (Å²) in [5, 5.41) is 0. The number of nitrogens with zero attached hydrogens (tertiary/aromatic N) is 1. The number of carbonyl (C=O) groups excluding carboxylic acids is 1. The predicted molar refractivity (Wildman–Crippen MR) is 60.4 cm³/mol. The minimum absolute atomic E-state index is 0.128. The summed E-state index contributed by atoms with van der Waals surface area (Å²) in [7, 11) is 0. The van der Waals surface area contributed by atoms with Gasteiger partial charge in [-0.2, -0.15) is 0 Å². The molecule has 0 heterocycles. The molecule has 84 valence electrons. The van der Waals surface area contributed by atoms with Crippen LogP contribution < -0.4 is 0 Å². The van der Waals surface area contributed by atoms with Gasteiger partial charge in [0.15, 0.2) is 0 Å². The first-order valence-corrected chi connectivity index (χ1v) is 5.07. The summed E-state index contributed by atoms with van der Waals surface area (Å²) in [6, 6.07) is 8.84. The number of rotatable bonds is 5. The van der Waals surface area contributed by atoms with Gasteiger partial charge in [0.1, 0.15) is 0 Å². The maximum absolute atomic E-state index is 11.5. The standard InChI is InChI=1S/C12H14NO3/c1-2-16-12(14)9-6-10-13(15)11-7-4-3-5-8-11/h3-9H,2,10H2,1H3/q+1. The minimum Gasteiger partial charge on any atom is -0.463 e. The molecule has 0 atom stereocenters. The molecule has 0 aliphatic carbocycles. The van der Waals surface area contributed by atoms with Crippen molar-refractivity contribution in [1.82, 2.24) is 0 Å². The quantitative estimate of drug-likeness (QED) is 0.434. The van der Waals surface area contributed by atoms with E-state index in [1.54, 1.807) is 31.2 Å². The van der Waals surface area contributed by atoms with Crippen molar-refractivity contribution in [3.63, 3.8) is 0 Å². The maximum atomic E-state index is 11.5. The molecule has 1 aromatic carbocycles. The molecule has 4 heteroatoms. The van der Waals surface area contributed by atoms with Crippen LogP contribution in [0.25, 0.3) is 0 Å². The minimum atomic E-state index is -0.427. The van der Waals surface area contributed by atoms with E-state index >= 15 is 0 Å². The molecule has 0 aromatic heterocycles. The number of esters is 1. The lowest BCUT2D eigenvalue weighted by Gasteiger charge is -1.93. The van der Waals surface area contributed by atoms with E-state index in [4.69, 9.17) is 0 Å². The van der Waals surface area contributed by atoms with Crippen LogP contribution in [0.15, 0.2) is 42.5 Å². The third kappa shape index (κ3) is 4.04. The molecule has 0 aliphatic heterocycles. The molecule has 0 aliphatic rings. The number of benzene rings is 1. The van der Waals surface area contributed by atoms with Crippen LogP contribution in [0.2, 0.25) is 0 Å². The molecule has 0 unspecified atom stereocenters. The predicted octanol–water partition coefficient (Wildman–Crippen LogP) is 2.22. The summed E-state index contributed by atoms with van der Waals surface area (Å²) < 4.78 is 5.48. The van der Waals surface area contributed by atoms with Gasteiger partial charge in [-0.3, -0.25) is 0 Å². The van der Waals surface area contributed by atoms with E-state index in [1.807, 2.05) is 6.07 Å². The average Bonchev–Trinajstić information content (AvgIpc) is 2.30. The molecule has 1 rings (SSSR count). The lowest BCUT2D eigenvalue weighted by Crippen LogP contribution is -2.03. The monoisotopic (exact) mass is 220 g/mol. The highest BCUT2D eigenvalue weighted by molar-refractivity contribution is 5.81. The molecule has 0 saturated carbocycles. The van der Waals surface area contributed by atoms with E-state index in [-0.39, 0.29) is 6.54 Å². The van der Waals surface area contributed by atoms with Crippen LogP contribution >= 0.6 is 0 Å². The average molecular weight is 220 g/mol. The van der Waals surface area contributed by atoms with E-state index in [0.29, 0.717) is 12.3 Å². The molecule has 0 bridgehead atoms. The fourth-order valence-corrected chi connectivity index (χ4v) is 1.13. The SMILES string of the molecule is CCOC(=O)C=CC[N+](=O)c1ccccc1. The number of hydrogen-bond donors (Lipinski definition) is 0. The zero-order valence-electron chi connectivity index (χ0n) is 9.13. The fraction of sp³-hybridized carbons (Fsp3) is 0.250. The molecule has 16 heavy (non-hydrogen) atoms. The zero-order valence-corrected chi connectivity index (χ0v) is 9.13. The zero-order chi connectivity index (χ0) is 11.8. The normalized spacial score (nSPS) is 10.3. The molecular formula is C12H14NO3+. The van der Waals surface area contributed by atoms with Gasteiger partial charge >= 0.3 is 5.97 Å². The van der Waals surface area contributed by atoms with Crippen molar-refractivity contribution in [1.29, 1.82) is 0 Å². The van der Waals surface area contributed by atoms with Crippen molar-refractivity contribution in [3.8, 4) is 0 Å². The van der Waals surface area contributed by atoms with Gasteiger partial charge in [-0.1, -0.05) is 18.2 Å². The first-order chi connectivity index (χ1) is 7.74. The Labute approximate surface area is 94.1 Å². The van der Waals surface area contributed by atoms with Gasteiger partial charge in [0.25, 0.3) is 5.69 Å². The van der Waals surface area contributed by atoms with Crippen LogP contribution in [-0.4, -0.2) is 23.9 Å². The van der Waals surface area contributed by atoms with Crippen LogP contribution in [0.5, 0.6) is 0 Å². The molecule has 0 radical (unpaired) electrons. The van der Waals surface area contributed by atoms with Gasteiger partial charge in [-0.25, -0.2) is 4.79 Å². The van der Waals surface area contributed by atoms with E-state index in [9.17, 15) is 9.70 Å². The Balaban J connectivity index is 2.45. The molecule has 0 spiro atoms. The first-order valence-electron chi connectivity index (χ1n) is 5.07. The molecule has 4 nitrogen and oxygen atoms in total. The van der Waals surface area contributed by atoms with E-state index < -0.39 is 5.97 Å². The van der Waals surface area contributed by atoms with Crippen molar-refractivity contribution in [2.75, 3.05) is 13.2 Å². The maximum Gasteiger partial charge on any atom is 0.330 e. The summed E-state index contributed by atoms with van der Waals surface area (Å²) >= 11 is 0. The summed E-state index contributed by atoms with van der Waals surface area (Å²) in [5.74, 6) is -0.427. The van der Waals surface area contributed by atoms with Crippen LogP contribution in [0.1, 0.15) is 6.92 Å². The number of carbonyl (C=O) groups is 1. The van der Waals surface area contributed by atoms with Gasteiger partial charge in [0, 0.05) is 27.9 Å². The van der Waals surface area contributed by atoms with Gasteiger partial charge < -0.3 is 4.74 Å². The van der Waals surface area contributed by atoms with Gasteiger partial charge in [0.2, 0.25) is 6.54 Å². The topological polar surface area (TPSA) is 46.4 Å². The van der Waals surface area contributed by atoms with E-state index in [0.717, 1.165) is 4.76 Å². The molecule has 0 amide bonds. The number of nitroso groups, excluding NO2 is 1. The number of ether oxygens (including phenoxy) is 1. The molecule has 0 saturated heterocycles. The van der Waals surface area contributed by atoms with Crippen molar-refractivity contribution in [3.05, 3.63) is 47.4 Å². The highest BCUT2D eigenvalue weighted by Gasteiger charge is 2.09. The van der Waals surface area contributed by atoms with Crippen LogP contribution in [0, 0.1) is 4.91 Å². The Hall–Kier alpha value is -1.97. The van der Waals surface area contributed by atoms with E-state index in [2.05, 4.69) is 4.74 Å². The molecule has 0 N–H and O–H groups in total. The van der Waals surface area contributed by atoms with Gasteiger partial charge in [-0.05, 0) is 13.0 Å². The fourth-order valence-electron chi connectivity index (χ4n) is 1.13. The van der Waals surface area contributed by atoms with Crippen LogP contribution in [-0.2, 0) is 9.53 Å². The van der Waals surface area contributed by atoms with Gasteiger partial charge in [-0.15, -0.1) is 0 Å². The number of para-hydroxylation sites is 1. The lowest BCUT2D eigenvalue weighted by atomic mass is 10.3. The van der Waals surface area contributed by atoms with Crippen molar-refractivity contribution in [2.45, 2.75) is 6.92 Å². The Kier molecular flexibility index (Phi) is 4.92. The Morgan fingerprint density at radius 2 is 2.06 bits per heavy atom. The Morgan fingerprint density at radius 3 is 2.69 bits per heavy atom. The smallest absolute Gasteiger partial charge is 0.330 e. The van der Waals surface area contributed by atoms with Crippen molar-refractivity contribution < 1.29 is 14.3 Å². The second kappa shape index (κ2) is 6.50. The largest absolute Gasteiger partial charge is 0.463 e. The third-order valence-corrected chi connectivity index (χ3v) is 1.86. The van der Waals surface area contributed by atoms with Crippen LogP contribution in [0.4, 0.5) is 5.69 Å². The molecule has 0 fully saturated rings. The summed E-state index contributed by atoms with van der Waals surface area (Å²) in [6.07, 6.45) is 2.75.